The summed E-state index contributed by atoms with van der Waals surface area (Å²) in [6.07, 6.45) is 7.80. The molecule has 0 bridgehead atoms. The van der Waals surface area contributed by atoms with Crippen molar-refractivity contribution in [1.29, 1.82) is 0 Å². The van der Waals surface area contributed by atoms with Gasteiger partial charge in [-0.2, -0.15) is 0 Å². The molecule has 0 fully saturated rings. The van der Waals surface area contributed by atoms with E-state index in [0.717, 1.165) is 0 Å². The molecule has 0 aromatic rings. The van der Waals surface area contributed by atoms with Gasteiger partial charge in [0, 0.05) is 0 Å². The Hall–Kier alpha value is 0.797. The SMILES string of the molecule is CCCCCCCC(C)(C)[Si](C)(Cl)Cl. The Morgan fingerprint density at radius 2 is 1.50 bits per heavy atom. The van der Waals surface area contributed by atoms with Crippen molar-refractivity contribution in [1.82, 2.24) is 0 Å². The van der Waals surface area contributed by atoms with Gasteiger partial charge in [0.2, 0.25) is 0 Å². The van der Waals surface area contributed by atoms with E-state index in [1.54, 1.807) is 0 Å². The molecule has 0 aromatic heterocycles. The lowest BCUT2D eigenvalue weighted by Gasteiger charge is -2.32. The average Bonchev–Trinajstić information content (AvgIpc) is 2.02. The summed E-state index contributed by atoms with van der Waals surface area (Å²) in [4.78, 5) is 0. The first-order chi connectivity index (χ1) is 6.31. The van der Waals surface area contributed by atoms with Crippen molar-refractivity contribution in [2.75, 3.05) is 0 Å². The largest absolute Gasteiger partial charge is 0.253 e. The van der Waals surface area contributed by atoms with Crippen LogP contribution in [0.2, 0.25) is 11.6 Å². The third-order valence-corrected chi connectivity index (χ3v) is 8.79. The van der Waals surface area contributed by atoms with Crippen LogP contribution >= 0.6 is 22.2 Å². The predicted molar refractivity (Wildman–Crippen MR) is 70.7 cm³/mol. The van der Waals surface area contributed by atoms with Crippen LogP contribution in [-0.2, 0) is 0 Å². The van der Waals surface area contributed by atoms with Crippen LogP contribution in [0.5, 0.6) is 0 Å². The Morgan fingerprint density at radius 3 is 1.93 bits per heavy atom. The number of rotatable bonds is 7. The highest BCUT2D eigenvalue weighted by molar-refractivity contribution is 7.46. The van der Waals surface area contributed by atoms with E-state index < -0.39 is 6.69 Å². The van der Waals surface area contributed by atoms with Crippen molar-refractivity contribution in [2.45, 2.75) is 70.9 Å². The lowest BCUT2D eigenvalue weighted by atomic mass is 10.0. The van der Waals surface area contributed by atoms with Crippen molar-refractivity contribution in [3.63, 3.8) is 0 Å². The van der Waals surface area contributed by atoms with Crippen LogP contribution in [0.1, 0.15) is 59.3 Å². The molecule has 0 heterocycles. The monoisotopic (exact) mass is 254 g/mol. The van der Waals surface area contributed by atoms with Gasteiger partial charge in [0.25, 0.3) is 6.69 Å². The number of halogens is 2. The van der Waals surface area contributed by atoms with E-state index in [4.69, 9.17) is 22.2 Å². The van der Waals surface area contributed by atoms with Crippen LogP contribution in [0, 0.1) is 0 Å². The van der Waals surface area contributed by atoms with Crippen LogP contribution in [0.4, 0.5) is 0 Å². The van der Waals surface area contributed by atoms with Crippen LogP contribution in [-0.4, -0.2) is 6.69 Å². The molecule has 0 saturated carbocycles. The highest BCUT2D eigenvalue weighted by atomic mass is 35.7. The maximum Gasteiger partial charge on any atom is 0.253 e. The zero-order chi connectivity index (χ0) is 11.2. The minimum absolute atomic E-state index is 0.155. The van der Waals surface area contributed by atoms with Gasteiger partial charge >= 0.3 is 0 Å². The molecule has 0 radical (unpaired) electrons. The second-order valence-electron chi connectivity index (χ2n) is 4.94. The molecule has 0 atom stereocenters. The first kappa shape index (κ1) is 14.8. The second-order valence-corrected chi connectivity index (χ2v) is 13.2. The molecule has 0 spiro atoms. The average molecular weight is 255 g/mol. The van der Waals surface area contributed by atoms with Gasteiger partial charge in [-0.05, 0) is 18.0 Å². The summed E-state index contributed by atoms with van der Waals surface area (Å²) < 4.78 is 0. The van der Waals surface area contributed by atoms with Crippen LogP contribution in [0.25, 0.3) is 0 Å². The predicted octanol–water partition coefficient (Wildman–Crippen LogP) is 5.68. The van der Waals surface area contributed by atoms with Crippen molar-refractivity contribution in [2.24, 2.45) is 0 Å². The Balaban J connectivity index is 3.67. The maximum absolute atomic E-state index is 6.27. The lowest BCUT2D eigenvalue weighted by molar-refractivity contribution is 0.526. The molecule has 14 heavy (non-hydrogen) atoms. The van der Waals surface area contributed by atoms with Gasteiger partial charge in [0.15, 0.2) is 0 Å². The zero-order valence-electron chi connectivity index (χ0n) is 10.00. The first-order valence-electron chi connectivity index (χ1n) is 5.69. The van der Waals surface area contributed by atoms with Gasteiger partial charge in [0.05, 0.1) is 0 Å². The maximum atomic E-state index is 6.27. The van der Waals surface area contributed by atoms with Gasteiger partial charge in [-0.15, -0.1) is 22.2 Å². The van der Waals surface area contributed by atoms with Crippen molar-refractivity contribution < 1.29 is 0 Å². The fourth-order valence-electron chi connectivity index (χ4n) is 1.39. The third kappa shape index (κ3) is 5.62. The fraction of sp³-hybridized carbons (Fsp3) is 1.00. The van der Waals surface area contributed by atoms with E-state index in [1.165, 1.54) is 38.5 Å². The van der Waals surface area contributed by atoms with E-state index >= 15 is 0 Å². The standard InChI is InChI=1S/C11H24Cl2Si/c1-5-6-7-8-9-10-11(2,3)14(4,12)13/h5-10H2,1-4H3. The van der Waals surface area contributed by atoms with Crippen molar-refractivity contribution in [3.8, 4) is 0 Å². The first-order valence-corrected chi connectivity index (χ1v) is 10.2. The summed E-state index contributed by atoms with van der Waals surface area (Å²) in [6, 6.07) is 0. The topological polar surface area (TPSA) is 0 Å². The molecule has 0 N–H and O–H groups in total. The smallest absolute Gasteiger partial charge is 0.146 e. The molecule has 0 aliphatic carbocycles. The molecule has 0 nitrogen and oxygen atoms in total. The van der Waals surface area contributed by atoms with Gasteiger partial charge in [-0.25, -0.2) is 0 Å². The van der Waals surface area contributed by atoms with E-state index in [2.05, 4.69) is 20.8 Å². The quantitative estimate of drug-likeness (QED) is 0.312. The molecule has 0 unspecified atom stereocenters. The molecule has 0 rings (SSSR count). The Bertz CT molecular complexity index is 150. The summed E-state index contributed by atoms with van der Waals surface area (Å²) in [6.45, 7) is 6.68. The van der Waals surface area contributed by atoms with E-state index in [0.29, 0.717) is 0 Å². The zero-order valence-corrected chi connectivity index (χ0v) is 12.5. The van der Waals surface area contributed by atoms with Gasteiger partial charge in [0.1, 0.15) is 0 Å². The number of hydrogen-bond donors (Lipinski definition) is 0. The van der Waals surface area contributed by atoms with Gasteiger partial charge < -0.3 is 0 Å². The summed E-state index contributed by atoms with van der Waals surface area (Å²) in [7, 11) is 0. The van der Waals surface area contributed by atoms with Crippen molar-refractivity contribution in [3.05, 3.63) is 0 Å². The Labute approximate surface area is 99.8 Å². The molecule has 0 saturated heterocycles. The van der Waals surface area contributed by atoms with Gasteiger partial charge in [-0.3, -0.25) is 0 Å². The normalized spacial score (nSPS) is 13.3. The van der Waals surface area contributed by atoms with Crippen LogP contribution in [0.3, 0.4) is 0 Å². The Morgan fingerprint density at radius 1 is 1.00 bits per heavy atom. The molecule has 0 aliphatic rings. The summed E-state index contributed by atoms with van der Waals surface area (Å²) in [5.41, 5.74) is 0. The second kappa shape index (κ2) is 6.39. The molecular formula is C11H24Cl2Si. The third-order valence-electron chi connectivity index (χ3n) is 3.09. The summed E-state index contributed by atoms with van der Waals surface area (Å²) in [5.74, 6) is 0. The molecule has 86 valence electrons. The van der Waals surface area contributed by atoms with Crippen molar-refractivity contribution >= 4 is 28.9 Å². The molecular weight excluding hydrogens is 231 g/mol. The Kier molecular flexibility index (Phi) is 6.76. The molecule has 3 heteroatoms. The summed E-state index contributed by atoms with van der Waals surface area (Å²) >= 11 is 12.5. The van der Waals surface area contributed by atoms with E-state index in [-0.39, 0.29) is 5.04 Å². The lowest BCUT2D eigenvalue weighted by Crippen LogP contribution is -2.30. The highest BCUT2D eigenvalue weighted by Crippen LogP contribution is 2.46. The van der Waals surface area contributed by atoms with E-state index in [1.807, 2.05) is 6.55 Å². The molecule has 0 aliphatic heterocycles. The number of hydrogen-bond acceptors (Lipinski definition) is 0. The minimum atomic E-state index is -2.01. The number of unbranched alkanes of at least 4 members (excludes halogenated alkanes) is 4. The minimum Gasteiger partial charge on any atom is -0.146 e. The summed E-state index contributed by atoms with van der Waals surface area (Å²) in [5, 5.41) is 0.155. The van der Waals surface area contributed by atoms with Gasteiger partial charge in [-0.1, -0.05) is 52.9 Å². The van der Waals surface area contributed by atoms with E-state index in [9.17, 15) is 0 Å². The highest BCUT2D eigenvalue weighted by Gasteiger charge is 2.40. The van der Waals surface area contributed by atoms with Crippen LogP contribution < -0.4 is 0 Å². The fourth-order valence-corrected chi connectivity index (χ4v) is 2.57. The van der Waals surface area contributed by atoms with Crippen LogP contribution in [0.15, 0.2) is 0 Å². The molecule has 0 amide bonds. The molecule has 0 aromatic carbocycles.